The smallest absolute Gasteiger partial charge is 0.116 e. The lowest BCUT2D eigenvalue weighted by molar-refractivity contribution is 1.09. The van der Waals surface area contributed by atoms with Gasteiger partial charge in [-0.05, 0) is 5.39 Å². The molecule has 0 bridgehead atoms. The Morgan fingerprint density at radius 3 is 2.59 bits per heavy atom. The predicted octanol–water partition coefficient (Wildman–Crippen LogP) is 5.18. The van der Waals surface area contributed by atoms with Crippen molar-refractivity contribution in [2.45, 2.75) is 20.3 Å². The highest BCUT2D eigenvalue weighted by Gasteiger charge is 1.99. The summed E-state index contributed by atoms with van der Waals surface area (Å²) in [6, 6.07) is 12.4. The van der Waals surface area contributed by atoms with E-state index >= 15 is 0 Å². The van der Waals surface area contributed by atoms with E-state index in [2.05, 4.69) is 48.1 Å². The summed E-state index contributed by atoms with van der Waals surface area (Å²) in [5, 5.41) is 3.50. The second-order valence-electron chi connectivity index (χ2n) is 3.95. The SMILES string of the molecule is CCC.[3HH].[3HH].[3H][3H].[3H][3H].c1ccc2c(c1)ccc1cncnc12. The first-order chi connectivity index (χ1) is 10.4. The number of benzene rings is 2. The molecule has 0 aliphatic carbocycles. The zero-order chi connectivity index (χ0) is 16.1. The number of nitrogens with zero attached hydrogens (tertiary/aromatic N) is 2. The van der Waals surface area contributed by atoms with Crippen LogP contribution in [0.25, 0.3) is 21.7 Å². The van der Waals surface area contributed by atoms with Gasteiger partial charge in [-0.25, -0.2) is 9.97 Å². The summed E-state index contributed by atoms with van der Waals surface area (Å²) >= 11 is 0. The molecular weight excluding hydrogens is 208 g/mol. The Morgan fingerprint density at radius 1 is 1.06 bits per heavy atom. The van der Waals surface area contributed by atoms with Crippen LogP contribution in [0.5, 0.6) is 0 Å². The van der Waals surface area contributed by atoms with E-state index in [0.29, 0.717) is 0 Å². The Hall–Kier alpha value is -1.96. The van der Waals surface area contributed by atoms with E-state index in [4.69, 9.17) is 5.94 Å². The van der Waals surface area contributed by atoms with Crippen LogP contribution in [0.2, 0.25) is 0 Å². The molecule has 0 aliphatic heterocycles. The van der Waals surface area contributed by atoms with Gasteiger partial charge in [0.25, 0.3) is 0 Å². The molecule has 3 aromatic rings. The molecule has 2 heteroatoms. The third-order valence-electron chi connectivity index (χ3n) is 2.40. The minimum Gasteiger partial charge on any atom is -0.244 e. The van der Waals surface area contributed by atoms with Crippen LogP contribution in [0, 0.1) is 0 Å². The molecular formula is C15H24N2. The van der Waals surface area contributed by atoms with Gasteiger partial charge in [0, 0.05) is 25.8 Å². The van der Waals surface area contributed by atoms with Crippen molar-refractivity contribution in [1.29, 1.82) is 0 Å². The third-order valence-corrected chi connectivity index (χ3v) is 2.40. The van der Waals surface area contributed by atoms with Gasteiger partial charge >= 0.3 is 0 Å². The normalized spacial score (nSPS) is 10.9. The predicted molar refractivity (Wildman–Crippen MR) is 81.5 cm³/mol. The zero-order valence-corrected chi connectivity index (χ0v) is 10.2. The lowest BCUT2D eigenvalue weighted by Crippen LogP contribution is -1.82. The fraction of sp³-hybridized carbons (Fsp3) is 0.200. The van der Waals surface area contributed by atoms with Crippen molar-refractivity contribution < 1.29 is 8.79 Å². The van der Waals surface area contributed by atoms with E-state index in [1.165, 1.54) is 17.2 Å². The van der Waals surface area contributed by atoms with Crippen molar-refractivity contribution in [3.63, 3.8) is 0 Å². The molecule has 2 nitrogen and oxygen atoms in total. The summed E-state index contributed by atoms with van der Waals surface area (Å²) in [5.41, 5.74) is 1.03. The molecule has 0 fully saturated rings. The van der Waals surface area contributed by atoms with Crippen molar-refractivity contribution in [3.05, 3.63) is 48.9 Å². The average molecular weight is 244 g/mol. The van der Waals surface area contributed by atoms with Crippen LogP contribution in [0.4, 0.5) is 0 Å². The molecule has 17 heavy (non-hydrogen) atoms. The van der Waals surface area contributed by atoms with Gasteiger partial charge in [0.1, 0.15) is 6.33 Å². The fourth-order valence-corrected chi connectivity index (χ4v) is 1.72. The van der Waals surface area contributed by atoms with E-state index in [1.54, 1.807) is 6.33 Å². The molecule has 0 radical (unpaired) electrons. The molecule has 0 N–H and O–H groups in total. The van der Waals surface area contributed by atoms with Crippen LogP contribution >= 0.6 is 0 Å². The van der Waals surface area contributed by atoms with Gasteiger partial charge in [-0.3, -0.25) is 0 Å². The first kappa shape index (κ1) is 9.11. The van der Waals surface area contributed by atoms with Crippen molar-refractivity contribution in [2.24, 2.45) is 0 Å². The zero-order valence-electron chi connectivity index (χ0n) is 14.2. The second-order valence-corrected chi connectivity index (χ2v) is 3.95. The van der Waals surface area contributed by atoms with Gasteiger partial charge in [-0.2, -0.15) is 0 Å². The Morgan fingerprint density at radius 2 is 1.76 bits per heavy atom. The summed E-state index contributed by atoms with van der Waals surface area (Å²) in [4.78, 5) is 8.31. The summed E-state index contributed by atoms with van der Waals surface area (Å²) < 4.78 is 20.0. The van der Waals surface area contributed by atoms with Gasteiger partial charge in [0.15, 0.2) is 0 Å². The van der Waals surface area contributed by atoms with Crippen LogP contribution in [-0.2, 0) is 0 Å². The lowest BCUT2D eigenvalue weighted by atomic mass is 10.1. The summed E-state index contributed by atoms with van der Waals surface area (Å²) in [7, 11) is 0. The van der Waals surface area contributed by atoms with E-state index in [9.17, 15) is 0 Å². The molecule has 0 atom stereocenters. The van der Waals surface area contributed by atoms with Crippen molar-refractivity contribution in [1.82, 2.24) is 9.97 Å². The maximum Gasteiger partial charge on any atom is 0.116 e. The molecule has 2 aromatic carbocycles. The molecule has 3 rings (SSSR count). The van der Waals surface area contributed by atoms with Crippen LogP contribution in [0.3, 0.4) is 0 Å². The lowest BCUT2D eigenvalue weighted by Gasteiger charge is -2.00. The standard InChI is InChI=1S/C12H8N2.C3H8.4H2/c1-2-4-11-9(3-1)5-6-10-7-13-8-14-12(10)11;1-3-2;;;;/h1-8H;3H2,1-2H3;4*1H/i;;2*1+2T;2*1+2. The molecule has 0 saturated carbocycles. The number of rotatable bonds is 0. The largest absolute Gasteiger partial charge is 0.244 e. The number of hydrogen-bond donors (Lipinski definition) is 0. The van der Waals surface area contributed by atoms with Gasteiger partial charge in [0.2, 0.25) is 0 Å². The molecule has 0 unspecified atom stereocenters. The van der Waals surface area contributed by atoms with E-state index in [-0.39, 0.29) is 2.85 Å². The minimum absolute atomic E-state index is 0. The van der Waals surface area contributed by atoms with Gasteiger partial charge in [-0.1, -0.05) is 56.7 Å². The monoisotopic (exact) mass is 244 g/mol. The van der Waals surface area contributed by atoms with Gasteiger partial charge < -0.3 is 0 Å². The van der Waals surface area contributed by atoms with Crippen molar-refractivity contribution in [2.75, 3.05) is 0 Å². The second kappa shape index (κ2) is 5.39. The molecule has 0 saturated heterocycles. The summed E-state index contributed by atoms with van der Waals surface area (Å²) in [6.45, 7) is 4.25. The van der Waals surface area contributed by atoms with Crippen LogP contribution in [0.15, 0.2) is 48.9 Å². The minimum atomic E-state index is 0. The Kier molecular flexibility index (Phi) is 2.89. The summed E-state index contributed by atoms with van der Waals surface area (Å²) in [5.74, 6) is 0. The fourth-order valence-electron chi connectivity index (χ4n) is 1.72. The van der Waals surface area contributed by atoms with Crippen LogP contribution < -0.4 is 0 Å². The highest BCUT2D eigenvalue weighted by Crippen LogP contribution is 2.21. The molecule has 1 aromatic heterocycles. The third kappa shape index (κ3) is 2.41. The van der Waals surface area contributed by atoms with E-state index in [1.807, 2.05) is 18.3 Å². The Labute approximate surface area is 110 Å². The highest BCUT2D eigenvalue weighted by atomic mass is 14.8. The van der Waals surface area contributed by atoms with Crippen LogP contribution in [0.1, 0.15) is 29.1 Å². The van der Waals surface area contributed by atoms with Gasteiger partial charge in [0.05, 0.1) is 5.52 Å². The van der Waals surface area contributed by atoms with E-state index < -0.39 is 0 Å². The number of fused-ring (bicyclic) bond motifs is 3. The average Bonchev–Trinajstić information content (AvgIpc) is 2.59. The molecule has 1 heterocycles. The number of hydrogen-bond acceptors (Lipinski definition) is 2. The molecule has 94 valence electrons. The highest BCUT2D eigenvalue weighted by molar-refractivity contribution is 6.04. The maximum absolute atomic E-state index is 5.00. The first-order valence-corrected chi connectivity index (χ1v) is 5.94. The first-order valence-electron chi connectivity index (χ1n) is 7.94. The Bertz CT molecular complexity index is 581. The number of aromatic nitrogens is 2. The van der Waals surface area contributed by atoms with Crippen LogP contribution in [-0.4, -0.2) is 9.97 Å². The van der Waals surface area contributed by atoms with Crippen molar-refractivity contribution >= 4 is 21.7 Å². The molecule has 0 spiro atoms. The quantitative estimate of drug-likeness (QED) is 0.509. The maximum atomic E-state index is 5.00. The van der Waals surface area contributed by atoms with Crippen molar-refractivity contribution in [3.8, 4) is 0 Å². The molecule has 0 amide bonds. The topological polar surface area (TPSA) is 25.8 Å². The van der Waals surface area contributed by atoms with E-state index in [0.717, 1.165) is 10.9 Å². The molecule has 0 aliphatic rings. The van der Waals surface area contributed by atoms with Gasteiger partial charge in [-0.15, -0.1) is 0 Å². The summed E-state index contributed by atoms with van der Waals surface area (Å²) in [6.07, 6.45) is 4.68. The Balaban J connectivity index is -0.000000395.